The molecule has 134 valence electrons. The predicted octanol–water partition coefficient (Wildman–Crippen LogP) is 5.18. The third kappa shape index (κ3) is 4.05. The molecule has 0 unspecified atom stereocenters. The first-order valence-corrected chi connectivity index (χ1v) is 9.63. The van der Waals surface area contributed by atoms with E-state index in [1.54, 1.807) is 0 Å². The van der Waals surface area contributed by atoms with Crippen molar-refractivity contribution in [2.24, 2.45) is 0 Å². The van der Waals surface area contributed by atoms with Gasteiger partial charge in [-0.3, -0.25) is 4.79 Å². The highest BCUT2D eigenvalue weighted by molar-refractivity contribution is 8.00. The summed E-state index contributed by atoms with van der Waals surface area (Å²) in [6.45, 7) is 8.03. The van der Waals surface area contributed by atoms with Gasteiger partial charge in [-0.2, -0.15) is 0 Å². The van der Waals surface area contributed by atoms with Gasteiger partial charge in [0.05, 0.1) is 10.8 Å². The number of carbonyl (C=O) groups is 1. The SMILES string of the molecule is Cc1nc(S[C@@H](C)C(=O)Nc2ccccc2C(C)C)c2ccccc2n1. The maximum absolute atomic E-state index is 12.7. The molecule has 2 aromatic carbocycles. The molecule has 0 saturated carbocycles. The van der Waals surface area contributed by atoms with E-state index in [9.17, 15) is 4.79 Å². The van der Waals surface area contributed by atoms with Crippen LogP contribution in [0.5, 0.6) is 0 Å². The van der Waals surface area contributed by atoms with Crippen molar-refractivity contribution >= 4 is 34.3 Å². The van der Waals surface area contributed by atoms with Crippen LogP contribution in [0.2, 0.25) is 0 Å². The summed E-state index contributed by atoms with van der Waals surface area (Å²) in [4.78, 5) is 21.7. The van der Waals surface area contributed by atoms with E-state index < -0.39 is 0 Å². The van der Waals surface area contributed by atoms with Crippen LogP contribution in [0.3, 0.4) is 0 Å². The van der Waals surface area contributed by atoms with Crippen molar-refractivity contribution in [3.05, 3.63) is 59.9 Å². The Bertz CT molecular complexity index is 939. The highest BCUT2D eigenvalue weighted by atomic mass is 32.2. The quantitative estimate of drug-likeness (QED) is 0.500. The number of amides is 1. The summed E-state index contributed by atoms with van der Waals surface area (Å²) in [5, 5.41) is 4.62. The highest BCUT2D eigenvalue weighted by Crippen LogP contribution is 2.30. The Morgan fingerprint density at radius 2 is 1.69 bits per heavy atom. The lowest BCUT2D eigenvalue weighted by Crippen LogP contribution is -2.23. The van der Waals surface area contributed by atoms with Crippen molar-refractivity contribution in [1.29, 1.82) is 0 Å². The molecule has 1 heterocycles. The first-order valence-electron chi connectivity index (χ1n) is 8.75. The smallest absolute Gasteiger partial charge is 0.237 e. The van der Waals surface area contributed by atoms with Gasteiger partial charge in [0.2, 0.25) is 5.91 Å². The number of para-hydroxylation sites is 2. The number of nitrogens with one attached hydrogen (secondary N) is 1. The van der Waals surface area contributed by atoms with Crippen molar-refractivity contribution in [2.75, 3.05) is 5.32 Å². The van der Waals surface area contributed by atoms with Gasteiger partial charge in [-0.25, -0.2) is 9.97 Å². The largest absolute Gasteiger partial charge is 0.325 e. The average Bonchev–Trinajstić information content (AvgIpc) is 2.61. The Labute approximate surface area is 158 Å². The molecular formula is C21H23N3OS. The Morgan fingerprint density at radius 1 is 1.00 bits per heavy atom. The predicted molar refractivity (Wildman–Crippen MR) is 109 cm³/mol. The first kappa shape index (κ1) is 18.4. The standard InChI is InChI=1S/C21H23N3OS/c1-13(2)16-9-5-7-11-18(16)24-20(25)14(3)26-21-17-10-6-8-12-19(17)22-15(4)23-21/h5-14H,1-4H3,(H,24,25)/t14-/m0/s1. The Kier molecular flexibility index (Phi) is 5.57. The second-order valence-corrected chi connectivity index (χ2v) is 7.91. The number of hydrogen-bond donors (Lipinski definition) is 1. The maximum Gasteiger partial charge on any atom is 0.237 e. The molecular weight excluding hydrogens is 342 g/mol. The van der Waals surface area contributed by atoms with E-state index in [1.807, 2.05) is 56.3 Å². The van der Waals surface area contributed by atoms with E-state index in [0.29, 0.717) is 11.7 Å². The lowest BCUT2D eigenvalue weighted by atomic mass is 10.0. The van der Waals surface area contributed by atoms with Crippen molar-refractivity contribution in [1.82, 2.24) is 9.97 Å². The fourth-order valence-electron chi connectivity index (χ4n) is 2.82. The molecule has 0 spiro atoms. The minimum atomic E-state index is -0.270. The molecule has 0 saturated heterocycles. The number of anilines is 1. The van der Waals surface area contributed by atoms with Crippen LogP contribution in [0.4, 0.5) is 5.69 Å². The Morgan fingerprint density at radius 3 is 2.46 bits per heavy atom. The molecule has 1 amide bonds. The van der Waals surface area contributed by atoms with Crippen LogP contribution in [0.25, 0.3) is 10.9 Å². The zero-order valence-electron chi connectivity index (χ0n) is 15.5. The van der Waals surface area contributed by atoms with Crippen molar-refractivity contribution in [3.63, 3.8) is 0 Å². The number of fused-ring (bicyclic) bond motifs is 1. The van der Waals surface area contributed by atoms with Gasteiger partial charge in [0, 0.05) is 11.1 Å². The average molecular weight is 366 g/mol. The summed E-state index contributed by atoms with van der Waals surface area (Å²) >= 11 is 1.47. The summed E-state index contributed by atoms with van der Waals surface area (Å²) in [7, 11) is 0. The molecule has 0 aliphatic heterocycles. The Balaban J connectivity index is 1.81. The van der Waals surface area contributed by atoms with E-state index in [2.05, 4.69) is 35.2 Å². The van der Waals surface area contributed by atoms with Crippen molar-refractivity contribution < 1.29 is 4.79 Å². The molecule has 26 heavy (non-hydrogen) atoms. The zero-order chi connectivity index (χ0) is 18.7. The number of rotatable bonds is 5. The highest BCUT2D eigenvalue weighted by Gasteiger charge is 2.19. The summed E-state index contributed by atoms with van der Waals surface area (Å²) in [6, 6.07) is 15.8. The van der Waals surface area contributed by atoms with E-state index >= 15 is 0 Å². The number of benzene rings is 2. The fourth-order valence-corrected chi connectivity index (χ4v) is 3.80. The fraction of sp³-hybridized carbons (Fsp3) is 0.286. The molecule has 0 radical (unpaired) electrons. The monoisotopic (exact) mass is 365 g/mol. The second kappa shape index (κ2) is 7.87. The molecule has 0 bridgehead atoms. The van der Waals surface area contributed by atoms with Crippen molar-refractivity contribution in [3.8, 4) is 0 Å². The molecule has 0 aliphatic carbocycles. The lowest BCUT2D eigenvalue weighted by Gasteiger charge is -2.16. The normalized spacial score (nSPS) is 12.3. The number of carbonyl (C=O) groups excluding carboxylic acids is 1. The van der Waals surface area contributed by atoms with E-state index in [0.717, 1.165) is 27.2 Å². The van der Waals surface area contributed by atoms with E-state index in [1.165, 1.54) is 11.8 Å². The molecule has 4 nitrogen and oxygen atoms in total. The van der Waals surface area contributed by atoms with E-state index in [4.69, 9.17) is 0 Å². The molecule has 1 aromatic heterocycles. The van der Waals surface area contributed by atoms with Crippen molar-refractivity contribution in [2.45, 2.75) is 43.9 Å². The molecule has 0 fully saturated rings. The van der Waals surface area contributed by atoms with Gasteiger partial charge in [-0.05, 0) is 37.5 Å². The van der Waals surface area contributed by atoms with E-state index in [-0.39, 0.29) is 11.2 Å². The van der Waals surface area contributed by atoms with Gasteiger partial charge in [0.15, 0.2) is 0 Å². The molecule has 0 aliphatic rings. The third-order valence-corrected chi connectivity index (χ3v) is 5.28. The van der Waals surface area contributed by atoms with Crippen LogP contribution in [0, 0.1) is 6.92 Å². The number of aromatic nitrogens is 2. The lowest BCUT2D eigenvalue weighted by molar-refractivity contribution is -0.115. The number of thioether (sulfide) groups is 1. The topological polar surface area (TPSA) is 54.9 Å². The molecule has 3 rings (SSSR count). The van der Waals surface area contributed by atoms with Gasteiger partial charge in [-0.15, -0.1) is 0 Å². The van der Waals surface area contributed by atoms with Gasteiger partial charge >= 0.3 is 0 Å². The Hall–Kier alpha value is -2.40. The van der Waals surface area contributed by atoms with Crippen LogP contribution >= 0.6 is 11.8 Å². The first-order chi connectivity index (χ1) is 12.5. The molecule has 1 N–H and O–H groups in total. The second-order valence-electron chi connectivity index (χ2n) is 6.58. The van der Waals surface area contributed by atoms with Crippen LogP contribution in [0.15, 0.2) is 53.6 Å². The summed E-state index contributed by atoms with van der Waals surface area (Å²) in [5.41, 5.74) is 2.92. The number of hydrogen-bond acceptors (Lipinski definition) is 4. The summed E-state index contributed by atoms with van der Waals surface area (Å²) < 4.78 is 0. The van der Waals surface area contributed by atoms with Crippen LogP contribution < -0.4 is 5.32 Å². The summed E-state index contributed by atoms with van der Waals surface area (Å²) in [5.74, 6) is 1.04. The van der Waals surface area contributed by atoms with Gasteiger partial charge in [-0.1, -0.05) is 62.0 Å². The molecule has 3 aromatic rings. The minimum absolute atomic E-state index is 0.0246. The zero-order valence-corrected chi connectivity index (χ0v) is 16.3. The van der Waals surface area contributed by atoms with Crippen LogP contribution in [0.1, 0.15) is 38.1 Å². The minimum Gasteiger partial charge on any atom is -0.325 e. The van der Waals surface area contributed by atoms with Gasteiger partial charge in [0.25, 0.3) is 0 Å². The number of nitrogens with zero attached hydrogens (tertiary/aromatic N) is 2. The number of aryl methyl sites for hydroxylation is 1. The van der Waals surface area contributed by atoms with Gasteiger partial charge < -0.3 is 5.32 Å². The van der Waals surface area contributed by atoms with Gasteiger partial charge in [0.1, 0.15) is 10.9 Å². The van der Waals surface area contributed by atoms with Crippen LogP contribution in [-0.4, -0.2) is 21.1 Å². The molecule has 5 heteroatoms. The molecule has 1 atom stereocenters. The maximum atomic E-state index is 12.7. The third-order valence-electron chi connectivity index (χ3n) is 4.18. The summed E-state index contributed by atoms with van der Waals surface area (Å²) in [6.07, 6.45) is 0. The van der Waals surface area contributed by atoms with Crippen LogP contribution in [-0.2, 0) is 4.79 Å².